The molecule has 1 fully saturated rings. The average molecular weight is 370 g/mol. The standard InChI is InChI=1S/C22H27FN2O2/c1-15-6-3-4-10-25(15)22(26)21-16(2)27-20-9-11-24(14-19(20)21)13-17-7-5-8-18(23)12-17/h5,7-8,12,15H,3-4,6,9-11,13-14H2,1-2H3. The number of aryl methyl sites for hydroxylation is 1. The van der Waals surface area contributed by atoms with Gasteiger partial charge in [-0.15, -0.1) is 0 Å². The molecule has 1 unspecified atom stereocenters. The van der Waals surface area contributed by atoms with Gasteiger partial charge in [0.05, 0.1) is 5.56 Å². The first-order valence-electron chi connectivity index (χ1n) is 9.92. The first-order chi connectivity index (χ1) is 13.0. The smallest absolute Gasteiger partial charge is 0.257 e. The number of nitrogens with zero attached hydrogens (tertiary/aromatic N) is 2. The van der Waals surface area contributed by atoms with Gasteiger partial charge in [0.2, 0.25) is 0 Å². The summed E-state index contributed by atoms with van der Waals surface area (Å²) in [5.41, 5.74) is 2.73. The molecule has 3 heterocycles. The Morgan fingerprint density at radius 1 is 1.30 bits per heavy atom. The Labute approximate surface area is 159 Å². The van der Waals surface area contributed by atoms with Crippen LogP contribution in [0.15, 0.2) is 28.7 Å². The zero-order valence-corrected chi connectivity index (χ0v) is 16.1. The lowest BCUT2D eigenvalue weighted by molar-refractivity contribution is 0.0631. The number of hydrogen-bond donors (Lipinski definition) is 0. The van der Waals surface area contributed by atoms with Crippen molar-refractivity contribution in [2.75, 3.05) is 13.1 Å². The third kappa shape index (κ3) is 3.65. The van der Waals surface area contributed by atoms with Gasteiger partial charge in [0, 0.05) is 44.2 Å². The molecule has 4 nitrogen and oxygen atoms in total. The normalized spacial score (nSPS) is 20.6. The Bertz CT molecular complexity index is 845. The number of carbonyl (C=O) groups is 1. The Morgan fingerprint density at radius 3 is 2.93 bits per heavy atom. The van der Waals surface area contributed by atoms with E-state index in [4.69, 9.17) is 4.42 Å². The van der Waals surface area contributed by atoms with Gasteiger partial charge in [0.25, 0.3) is 5.91 Å². The minimum atomic E-state index is -0.209. The van der Waals surface area contributed by atoms with Crippen LogP contribution >= 0.6 is 0 Å². The van der Waals surface area contributed by atoms with E-state index in [2.05, 4.69) is 11.8 Å². The van der Waals surface area contributed by atoms with E-state index in [1.165, 1.54) is 12.5 Å². The predicted octanol–water partition coefficient (Wildman–Crippen LogP) is 4.30. The molecule has 2 aliphatic heterocycles. The van der Waals surface area contributed by atoms with Crippen molar-refractivity contribution in [3.8, 4) is 0 Å². The zero-order chi connectivity index (χ0) is 19.0. The number of furan rings is 1. The number of halogens is 1. The molecule has 0 N–H and O–H groups in total. The Hall–Kier alpha value is -2.14. The molecule has 0 spiro atoms. The fourth-order valence-electron chi connectivity index (χ4n) is 4.43. The van der Waals surface area contributed by atoms with Gasteiger partial charge in [-0.2, -0.15) is 0 Å². The molecular weight excluding hydrogens is 343 g/mol. The van der Waals surface area contributed by atoms with E-state index in [0.29, 0.717) is 13.1 Å². The van der Waals surface area contributed by atoms with Crippen molar-refractivity contribution >= 4 is 5.91 Å². The topological polar surface area (TPSA) is 36.7 Å². The van der Waals surface area contributed by atoms with Gasteiger partial charge >= 0.3 is 0 Å². The van der Waals surface area contributed by atoms with E-state index in [-0.39, 0.29) is 17.8 Å². The Balaban J connectivity index is 1.56. The fourth-order valence-corrected chi connectivity index (χ4v) is 4.43. The first-order valence-corrected chi connectivity index (χ1v) is 9.92. The van der Waals surface area contributed by atoms with Crippen LogP contribution in [0.2, 0.25) is 0 Å². The third-order valence-corrected chi connectivity index (χ3v) is 5.88. The number of carbonyl (C=O) groups excluding carboxylic acids is 1. The summed E-state index contributed by atoms with van der Waals surface area (Å²) in [6.07, 6.45) is 4.11. The van der Waals surface area contributed by atoms with E-state index in [1.807, 2.05) is 17.9 Å². The lowest BCUT2D eigenvalue weighted by atomic mass is 9.98. The monoisotopic (exact) mass is 370 g/mol. The van der Waals surface area contributed by atoms with Crippen LogP contribution in [0.4, 0.5) is 4.39 Å². The van der Waals surface area contributed by atoms with Crippen LogP contribution < -0.4 is 0 Å². The number of rotatable bonds is 3. The quantitative estimate of drug-likeness (QED) is 0.808. The Kier molecular flexibility index (Phi) is 5.04. The maximum absolute atomic E-state index is 13.5. The number of amides is 1. The summed E-state index contributed by atoms with van der Waals surface area (Å²) in [4.78, 5) is 17.5. The van der Waals surface area contributed by atoms with Gasteiger partial charge in [0.15, 0.2) is 0 Å². The molecule has 1 aromatic heterocycles. The Morgan fingerprint density at radius 2 is 2.15 bits per heavy atom. The van der Waals surface area contributed by atoms with Gasteiger partial charge in [-0.05, 0) is 50.8 Å². The molecule has 0 bridgehead atoms. The van der Waals surface area contributed by atoms with Crippen molar-refractivity contribution in [3.05, 3.63) is 58.3 Å². The molecule has 2 aliphatic rings. The van der Waals surface area contributed by atoms with Crippen LogP contribution in [-0.2, 0) is 19.5 Å². The van der Waals surface area contributed by atoms with E-state index in [9.17, 15) is 9.18 Å². The van der Waals surface area contributed by atoms with Gasteiger partial charge in [-0.1, -0.05) is 12.1 Å². The number of likely N-dealkylation sites (tertiary alicyclic amines) is 1. The largest absolute Gasteiger partial charge is 0.465 e. The van der Waals surface area contributed by atoms with Crippen molar-refractivity contribution in [1.82, 2.24) is 9.80 Å². The molecule has 27 heavy (non-hydrogen) atoms. The van der Waals surface area contributed by atoms with Crippen LogP contribution in [0.1, 0.15) is 59.2 Å². The second-order valence-corrected chi connectivity index (χ2v) is 7.87. The van der Waals surface area contributed by atoms with Crippen molar-refractivity contribution in [3.63, 3.8) is 0 Å². The van der Waals surface area contributed by atoms with Gasteiger partial charge in [-0.3, -0.25) is 9.69 Å². The second kappa shape index (κ2) is 7.47. The molecule has 0 radical (unpaired) electrons. The molecule has 1 aromatic carbocycles. The van der Waals surface area contributed by atoms with Crippen molar-refractivity contribution < 1.29 is 13.6 Å². The highest BCUT2D eigenvalue weighted by molar-refractivity contribution is 5.97. The van der Waals surface area contributed by atoms with Gasteiger partial charge in [0.1, 0.15) is 17.3 Å². The molecule has 1 saturated heterocycles. The highest BCUT2D eigenvalue weighted by Gasteiger charge is 2.32. The molecule has 2 aromatic rings. The van der Waals surface area contributed by atoms with Crippen LogP contribution in [0.3, 0.4) is 0 Å². The van der Waals surface area contributed by atoms with Crippen molar-refractivity contribution in [1.29, 1.82) is 0 Å². The molecule has 1 amide bonds. The molecule has 1 atom stereocenters. The molecule has 0 aliphatic carbocycles. The van der Waals surface area contributed by atoms with Gasteiger partial charge in [-0.25, -0.2) is 4.39 Å². The predicted molar refractivity (Wildman–Crippen MR) is 102 cm³/mol. The summed E-state index contributed by atoms with van der Waals surface area (Å²) >= 11 is 0. The van der Waals surface area contributed by atoms with E-state index in [0.717, 1.165) is 60.6 Å². The van der Waals surface area contributed by atoms with Crippen LogP contribution in [0.5, 0.6) is 0 Å². The molecule has 0 saturated carbocycles. The summed E-state index contributed by atoms with van der Waals surface area (Å²) in [5.74, 6) is 1.57. The van der Waals surface area contributed by atoms with Crippen LogP contribution in [0, 0.1) is 12.7 Å². The van der Waals surface area contributed by atoms with Crippen LogP contribution in [0.25, 0.3) is 0 Å². The molecule has 144 valence electrons. The highest BCUT2D eigenvalue weighted by atomic mass is 19.1. The number of piperidine rings is 1. The minimum absolute atomic E-state index is 0.109. The molecule has 4 rings (SSSR count). The molecule has 5 heteroatoms. The summed E-state index contributed by atoms with van der Waals surface area (Å²) in [7, 11) is 0. The SMILES string of the molecule is Cc1oc2c(c1C(=O)N1CCCCC1C)CN(Cc1cccc(F)c1)CC2. The second-order valence-electron chi connectivity index (χ2n) is 7.87. The number of hydrogen-bond acceptors (Lipinski definition) is 3. The fraction of sp³-hybridized carbons (Fsp3) is 0.500. The molecular formula is C22H27FN2O2. The van der Waals surface area contributed by atoms with Crippen LogP contribution in [-0.4, -0.2) is 34.8 Å². The van der Waals surface area contributed by atoms with E-state index >= 15 is 0 Å². The average Bonchev–Trinajstić information content (AvgIpc) is 2.97. The third-order valence-electron chi connectivity index (χ3n) is 5.88. The van der Waals surface area contributed by atoms with Crippen molar-refractivity contribution in [2.45, 2.75) is 58.7 Å². The van der Waals surface area contributed by atoms with Crippen molar-refractivity contribution in [2.24, 2.45) is 0 Å². The zero-order valence-electron chi connectivity index (χ0n) is 16.1. The summed E-state index contributed by atoms with van der Waals surface area (Å²) < 4.78 is 19.5. The highest BCUT2D eigenvalue weighted by Crippen LogP contribution is 2.31. The van der Waals surface area contributed by atoms with E-state index in [1.54, 1.807) is 12.1 Å². The lowest BCUT2D eigenvalue weighted by Gasteiger charge is -2.34. The number of benzene rings is 1. The summed E-state index contributed by atoms with van der Waals surface area (Å²) in [6, 6.07) is 7.02. The first kappa shape index (κ1) is 18.2. The summed E-state index contributed by atoms with van der Waals surface area (Å²) in [6.45, 7) is 7.06. The summed E-state index contributed by atoms with van der Waals surface area (Å²) in [5, 5.41) is 0. The van der Waals surface area contributed by atoms with E-state index < -0.39 is 0 Å². The maximum atomic E-state index is 13.5. The van der Waals surface area contributed by atoms with Gasteiger partial charge < -0.3 is 9.32 Å². The lowest BCUT2D eigenvalue weighted by Crippen LogP contribution is -2.42. The maximum Gasteiger partial charge on any atom is 0.257 e. The minimum Gasteiger partial charge on any atom is -0.465 e. The number of fused-ring (bicyclic) bond motifs is 1.